The molecule has 14 heavy (non-hydrogen) atoms. The van der Waals surface area contributed by atoms with E-state index in [1.165, 1.54) is 6.07 Å². The van der Waals surface area contributed by atoms with Gasteiger partial charge in [0.2, 0.25) is 0 Å². The van der Waals surface area contributed by atoms with E-state index in [9.17, 15) is 4.39 Å². The molecule has 78 valence electrons. The lowest BCUT2D eigenvalue weighted by Crippen LogP contribution is -2.12. The van der Waals surface area contributed by atoms with E-state index in [1.807, 2.05) is 6.92 Å². The molecule has 4 heteroatoms. The molecule has 0 saturated carbocycles. The average Bonchev–Trinajstić information content (AvgIpc) is 2.19. The summed E-state index contributed by atoms with van der Waals surface area (Å²) in [7, 11) is 0. The van der Waals surface area contributed by atoms with E-state index in [0.717, 1.165) is 4.47 Å². The molecule has 0 fully saturated rings. The first kappa shape index (κ1) is 11.5. The molecule has 1 unspecified atom stereocenters. The topological polar surface area (TPSA) is 29.5 Å². The maximum Gasteiger partial charge on any atom is 0.165 e. The van der Waals surface area contributed by atoms with Gasteiger partial charge in [-0.3, -0.25) is 0 Å². The molecule has 0 saturated heterocycles. The Balaban J connectivity index is 2.62. The van der Waals surface area contributed by atoms with Gasteiger partial charge in [-0.05, 0) is 18.2 Å². The molecule has 0 heterocycles. The minimum atomic E-state index is -0.390. The largest absolute Gasteiger partial charge is 0.490 e. The summed E-state index contributed by atoms with van der Waals surface area (Å²) in [5.74, 6) is -0.175. The van der Waals surface area contributed by atoms with Crippen LogP contribution in [-0.2, 0) is 0 Å². The van der Waals surface area contributed by atoms with Crippen molar-refractivity contribution in [1.29, 1.82) is 0 Å². The molecule has 1 N–H and O–H groups in total. The standard InChI is InChI=1S/C10H12BrFO2/c1-7(5-13)6-14-10-4-8(11)2-3-9(10)12/h2-4,7,13H,5-6H2,1H3. The van der Waals surface area contributed by atoms with Gasteiger partial charge >= 0.3 is 0 Å². The van der Waals surface area contributed by atoms with Crippen LogP contribution in [0, 0.1) is 11.7 Å². The van der Waals surface area contributed by atoms with Crippen molar-refractivity contribution in [2.24, 2.45) is 5.92 Å². The van der Waals surface area contributed by atoms with Crippen LogP contribution < -0.4 is 4.74 Å². The van der Waals surface area contributed by atoms with E-state index < -0.39 is 5.82 Å². The van der Waals surface area contributed by atoms with Gasteiger partial charge in [-0.25, -0.2) is 4.39 Å². The van der Waals surface area contributed by atoms with Crippen molar-refractivity contribution in [2.45, 2.75) is 6.92 Å². The Morgan fingerprint density at radius 2 is 2.29 bits per heavy atom. The number of aliphatic hydroxyl groups is 1. The van der Waals surface area contributed by atoms with Crippen LogP contribution in [0.2, 0.25) is 0 Å². The second-order valence-corrected chi connectivity index (χ2v) is 4.09. The van der Waals surface area contributed by atoms with Crippen molar-refractivity contribution >= 4 is 15.9 Å². The highest BCUT2D eigenvalue weighted by Gasteiger charge is 2.06. The Labute approximate surface area is 90.8 Å². The normalized spacial score (nSPS) is 12.6. The fourth-order valence-electron chi connectivity index (χ4n) is 0.873. The summed E-state index contributed by atoms with van der Waals surface area (Å²) < 4.78 is 19.1. The van der Waals surface area contributed by atoms with Crippen LogP contribution in [0.15, 0.2) is 22.7 Å². The zero-order valence-electron chi connectivity index (χ0n) is 7.84. The fraction of sp³-hybridized carbons (Fsp3) is 0.400. The number of aliphatic hydroxyl groups excluding tert-OH is 1. The number of ether oxygens (including phenoxy) is 1. The molecule has 0 amide bonds. The van der Waals surface area contributed by atoms with Crippen molar-refractivity contribution in [3.8, 4) is 5.75 Å². The summed E-state index contributed by atoms with van der Waals surface area (Å²) in [6.07, 6.45) is 0. The molecule has 1 atom stereocenters. The van der Waals surface area contributed by atoms with Crippen LogP contribution in [0.4, 0.5) is 4.39 Å². The molecule has 0 aliphatic carbocycles. The first-order valence-corrected chi connectivity index (χ1v) is 5.11. The van der Waals surface area contributed by atoms with E-state index >= 15 is 0 Å². The van der Waals surface area contributed by atoms with Crippen molar-refractivity contribution < 1.29 is 14.2 Å². The van der Waals surface area contributed by atoms with Crippen LogP contribution in [0.3, 0.4) is 0 Å². The SMILES string of the molecule is CC(CO)COc1cc(Br)ccc1F. The van der Waals surface area contributed by atoms with E-state index in [0.29, 0.717) is 6.61 Å². The Hall–Kier alpha value is -0.610. The predicted octanol–water partition coefficient (Wildman–Crippen LogP) is 2.60. The molecule has 1 aromatic rings. The first-order chi connectivity index (χ1) is 6.63. The number of hydrogen-bond acceptors (Lipinski definition) is 2. The zero-order chi connectivity index (χ0) is 10.6. The van der Waals surface area contributed by atoms with Crippen LogP contribution in [0.25, 0.3) is 0 Å². The zero-order valence-corrected chi connectivity index (χ0v) is 9.42. The molecule has 0 bridgehead atoms. The van der Waals surface area contributed by atoms with Crippen LogP contribution in [0.1, 0.15) is 6.92 Å². The van der Waals surface area contributed by atoms with Crippen molar-refractivity contribution in [1.82, 2.24) is 0 Å². The Bertz CT molecular complexity index is 304. The number of rotatable bonds is 4. The van der Waals surface area contributed by atoms with Crippen LogP contribution >= 0.6 is 15.9 Å². The predicted molar refractivity (Wildman–Crippen MR) is 55.8 cm³/mol. The third-order valence-corrected chi connectivity index (χ3v) is 2.22. The van der Waals surface area contributed by atoms with Gasteiger partial charge in [-0.2, -0.15) is 0 Å². The molecule has 0 radical (unpaired) electrons. The van der Waals surface area contributed by atoms with E-state index in [2.05, 4.69) is 15.9 Å². The number of hydrogen-bond donors (Lipinski definition) is 1. The first-order valence-electron chi connectivity index (χ1n) is 4.32. The molecule has 0 aromatic heterocycles. The molecule has 0 aliphatic heterocycles. The maximum absolute atomic E-state index is 13.1. The summed E-state index contributed by atoms with van der Waals surface area (Å²) in [6.45, 7) is 2.18. The third-order valence-electron chi connectivity index (χ3n) is 1.73. The summed E-state index contributed by atoms with van der Waals surface area (Å²) in [5.41, 5.74) is 0. The van der Waals surface area contributed by atoms with Gasteiger partial charge in [-0.1, -0.05) is 22.9 Å². The molecule has 0 spiro atoms. The Morgan fingerprint density at radius 1 is 1.57 bits per heavy atom. The minimum absolute atomic E-state index is 0.00776. The second kappa shape index (κ2) is 5.32. The smallest absolute Gasteiger partial charge is 0.165 e. The maximum atomic E-state index is 13.1. The molecule has 0 aliphatic rings. The lowest BCUT2D eigenvalue weighted by Gasteiger charge is -2.11. The van der Waals surface area contributed by atoms with Crippen LogP contribution in [0.5, 0.6) is 5.75 Å². The molecule has 1 rings (SSSR count). The average molecular weight is 263 g/mol. The van der Waals surface area contributed by atoms with Gasteiger partial charge in [0.05, 0.1) is 6.61 Å². The quantitative estimate of drug-likeness (QED) is 0.904. The molecule has 1 aromatic carbocycles. The summed E-state index contributed by atoms with van der Waals surface area (Å²) in [4.78, 5) is 0. The lowest BCUT2D eigenvalue weighted by molar-refractivity contribution is 0.171. The summed E-state index contributed by atoms with van der Waals surface area (Å²) >= 11 is 3.22. The van der Waals surface area contributed by atoms with Crippen molar-refractivity contribution in [3.63, 3.8) is 0 Å². The van der Waals surface area contributed by atoms with Gasteiger partial charge in [0, 0.05) is 17.0 Å². The Kier molecular flexibility index (Phi) is 4.35. The number of halogens is 2. The molecular formula is C10H12BrFO2. The van der Waals surface area contributed by atoms with Gasteiger partial charge in [0.1, 0.15) is 0 Å². The highest BCUT2D eigenvalue weighted by atomic mass is 79.9. The third kappa shape index (κ3) is 3.27. The van der Waals surface area contributed by atoms with Gasteiger partial charge < -0.3 is 9.84 Å². The van der Waals surface area contributed by atoms with Crippen molar-refractivity contribution in [2.75, 3.05) is 13.2 Å². The Morgan fingerprint density at radius 3 is 2.93 bits per heavy atom. The number of benzene rings is 1. The second-order valence-electron chi connectivity index (χ2n) is 3.17. The van der Waals surface area contributed by atoms with Gasteiger partial charge in [0.15, 0.2) is 11.6 Å². The van der Waals surface area contributed by atoms with Gasteiger partial charge in [-0.15, -0.1) is 0 Å². The summed E-state index contributed by atoms with van der Waals surface area (Å²) in [6, 6.07) is 4.51. The minimum Gasteiger partial charge on any atom is -0.490 e. The van der Waals surface area contributed by atoms with E-state index in [4.69, 9.17) is 9.84 Å². The van der Waals surface area contributed by atoms with E-state index in [-0.39, 0.29) is 18.3 Å². The monoisotopic (exact) mass is 262 g/mol. The van der Waals surface area contributed by atoms with Crippen molar-refractivity contribution in [3.05, 3.63) is 28.5 Å². The molecular weight excluding hydrogens is 251 g/mol. The highest BCUT2D eigenvalue weighted by molar-refractivity contribution is 9.10. The van der Waals surface area contributed by atoms with Crippen LogP contribution in [-0.4, -0.2) is 18.3 Å². The lowest BCUT2D eigenvalue weighted by atomic mass is 10.2. The molecule has 2 nitrogen and oxygen atoms in total. The fourth-order valence-corrected chi connectivity index (χ4v) is 1.21. The van der Waals surface area contributed by atoms with E-state index in [1.54, 1.807) is 12.1 Å². The highest BCUT2D eigenvalue weighted by Crippen LogP contribution is 2.22. The summed E-state index contributed by atoms with van der Waals surface area (Å²) in [5, 5.41) is 8.75. The van der Waals surface area contributed by atoms with Gasteiger partial charge in [0.25, 0.3) is 0 Å².